The Morgan fingerprint density at radius 2 is 1.49 bits per heavy atom. The van der Waals surface area contributed by atoms with E-state index in [1.807, 2.05) is 54.7 Å². The molecule has 47 heavy (non-hydrogen) atoms. The molecule has 0 bridgehead atoms. The zero-order valence-electron chi connectivity index (χ0n) is 27.1. The van der Waals surface area contributed by atoms with Gasteiger partial charge in [0.2, 0.25) is 0 Å². The van der Waals surface area contributed by atoms with Crippen molar-refractivity contribution in [2.24, 2.45) is 5.41 Å². The molecule has 5 aromatic rings. The number of ether oxygens (including phenoxy) is 1. The second-order valence-electron chi connectivity index (χ2n) is 13.3. The predicted octanol–water partition coefficient (Wildman–Crippen LogP) is 9.09. The van der Waals surface area contributed by atoms with Crippen molar-refractivity contribution >= 4 is 6.09 Å². The number of nitrogens with one attached hydrogen (secondary N) is 2. The summed E-state index contributed by atoms with van der Waals surface area (Å²) in [5.74, 6) is -0.928. The van der Waals surface area contributed by atoms with Gasteiger partial charge in [-0.2, -0.15) is 0 Å². The van der Waals surface area contributed by atoms with Crippen molar-refractivity contribution in [1.82, 2.24) is 15.2 Å². The van der Waals surface area contributed by atoms with E-state index < -0.39 is 17.7 Å². The molecule has 0 saturated carbocycles. The average Bonchev–Trinajstić information content (AvgIpc) is 3.61. The normalized spacial score (nSPS) is 13.2. The van der Waals surface area contributed by atoms with Gasteiger partial charge in [-0.3, -0.25) is 0 Å². The highest BCUT2D eigenvalue weighted by atomic mass is 19.1. The number of hydrogen-bond donors (Lipinski definition) is 2. The van der Waals surface area contributed by atoms with E-state index in [4.69, 9.17) is 4.74 Å². The van der Waals surface area contributed by atoms with Gasteiger partial charge in [0.05, 0.1) is 6.04 Å². The maximum absolute atomic E-state index is 14.8. The van der Waals surface area contributed by atoms with Gasteiger partial charge in [0.25, 0.3) is 0 Å². The molecule has 5 nitrogen and oxygen atoms in total. The van der Waals surface area contributed by atoms with Gasteiger partial charge in [0.15, 0.2) is 0 Å². The van der Waals surface area contributed by atoms with Crippen LogP contribution in [-0.2, 0) is 11.3 Å². The molecule has 1 heterocycles. The number of hydrogen-bond acceptors (Lipinski definition) is 3. The lowest BCUT2D eigenvalue weighted by Crippen LogP contribution is -2.36. The van der Waals surface area contributed by atoms with Gasteiger partial charge in [0, 0.05) is 42.0 Å². The summed E-state index contributed by atoms with van der Waals surface area (Å²) in [6.07, 6.45) is 2.15. The molecule has 1 atom stereocenters. The molecule has 2 N–H and O–H groups in total. The topological polar surface area (TPSA) is 55.3 Å². The van der Waals surface area contributed by atoms with Gasteiger partial charge in [-0.1, -0.05) is 99.6 Å². The minimum atomic E-state index is -0.479. The highest BCUT2D eigenvalue weighted by molar-refractivity contribution is 5.79. The first-order valence-corrected chi connectivity index (χ1v) is 16.2. The quantitative estimate of drug-likeness (QED) is 0.143. The molecule has 1 amide bonds. The smallest absolute Gasteiger partial charge is 0.407 e. The molecule has 1 aliphatic carbocycles. The zero-order chi connectivity index (χ0) is 33.0. The molecule has 242 valence electrons. The Morgan fingerprint density at radius 1 is 0.830 bits per heavy atom. The summed E-state index contributed by atoms with van der Waals surface area (Å²) < 4.78 is 36.8. The maximum atomic E-state index is 14.8. The molecule has 0 fully saturated rings. The largest absolute Gasteiger partial charge is 0.449 e. The van der Waals surface area contributed by atoms with E-state index >= 15 is 0 Å². The monoisotopic (exact) mass is 633 g/mol. The number of alkyl carbamates (subject to hydrolysis) is 1. The fourth-order valence-electron chi connectivity index (χ4n) is 6.58. The van der Waals surface area contributed by atoms with E-state index in [0.29, 0.717) is 31.6 Å². The molecule has 0 radical (unpaired) electrons. The number of carbonyl (C=O) groups excluding carboxylic acids is 1. The standard InChI is InChI=1S/C40H41F2N3O2/c1-40(2,3)38(37-22-28(34-23-29(41)18-19-36(34)42)25-45(37)24-27-12-5-4-6-13-27)43-20-11-21-44-39(46)47-26-35-32-16-9-7-14-30(32)31-15-8-10-17-33(31)35/h4-10,12-19,22-23,25,35,38,43H,11,20-21,24,26H2,1-3H3,(H,44,46)/t38-/m0/s1. The van der Waals surface area contributed by atoms with Crippen molar-refractivity contribution in [1.29, 1.82) is 0 Å². The number of amides is 1. The minimum Gasteiger partial charge on any atom is -0.449 e. The summed E-state index contributed by atoms with van der Waals surface area (Å²) in [7, 11) is 0. The third kappa shape index (κ3) is 7.31. The van der Waals surface area contributed by atoms with Crippen LogP contribution in [0.5, 0.6) is 0 Å². The van der Waals surface area contributed by atoms with Crippen molar-refractivity contribution in [3.63, 3.8) is 0 Å². The molecule has 0 unspecified atom stereocenters. The molecule has 0 spiro atoms. The number of fused-ring (bicyclic) bond motifs is 3. The predicted molar refractivity (Wildman–Crippen MR) is 183 cm³/mol. The van der Waals surface area contributed by atoms with Gasteiger partial charge < -0.3 is 19.9 Å². The van der Waals surface area contributed by atoms with Crippen LogP contribution in [0, 0.1) is 17.0 Å². The van der Waals surface area contributed by atoms with Gasteiger partial charge in [-0.05, 0) is 70.5 Å². The van der Waals surface area contributed by atoms with E-state index in [0.717, 1.165) is 17.3 Å². The van der Waals surface area contributed by atoms with Crippen LogP contribution in [0.4, 0.5) is 13.6 Å². The van der Waals surface area contributed by atoms with Crippen molar-refractivity contribution in [2.75, 3.05) is 19.7 Å². The molecule has 0 aliphatic heterocycles. The summed E-state index contributed by atoms with van der Waals surface area (Å²) in [4.78, 5) is 12.7. The summed E-state index contributed by atoms with van der Waals surface area (Å²) in [5, 5.41) is 6.59. The Morgan fingerprint density at radius 3 is 2.17 bits per heavy atom. The number of carbonyl (C=O) groups is 1. The lowest BCUT2D eigenvalue weighted by atomic mass is 9.84. The lowest BCUT2D eigenvalue weighted by molar-refractivity contribution is 0.143. The van der Waals surface area contributed by atoms with E-state index in [1.165, 1.54) is 34.4 Å². The highest BCUT2D eigenvalue weighted by Crippen LogP contribution is 2.44. The van der Waals surface area contributed by atoms with Crippen LogP contribution in [0.1, 0.15) is 61.5 Å². The van der Waals surface area contributed by atoms with Crippen LogP contribution >= 0.6 is 0 Å². The van der Waals surface area contributed by atoms with E-state index in [-0.39, 0.29) is 29.5 Å². The Labute approximate surface area is 275 Å². The lowest BCUT2D eigenvalue weighted by Gasteiger charge is -2.33. The first-order valence-electron chi connectivity index (χ1n) is 16.2. The summed E-state index contributed by atoms with van der Waals surface area (Å²) in [5.41, 5.74) is 7.49. The van der Waals surface area contributed by atoms with Gasteiger partial charge in [-0.25, -0.2) is 13.6 Å². The Balaban J connectivity index is 1.09. The van der Waals surface area contributed by atoms with Crippen LogP contribution in [0.15, 0.2) is 109 Å². The fourth-order valence-corrected chi connectivity index (χ4v) is 6.58. The Bertz CT molecular complexity index is 1800. The van der Waals surface area contributed by atoms with Gasteiger partial charge in [-0.15, -0.1) is 0 Å². The molecule has 0 saturated heterocycles. The van der Waals surface area contributed by atoms with Crippen molar-refractivity contribution in [2.45, 2.75) is 45.7 Å². The van der Waals surface area contributed by atoms with E-state index in [9.17, 15) is 13.6 Å². The van der Waals surface area contributed by atoms with Gasteiger partial charge >= 0.3 is 6.09 Å². The second kappa shape index (κ2) is 13.9. The summed E-state index contributed by atoms with van der Waals surface area (Å²) in [6, 6.07) is 32.0. The van der Waals surface area contributed by atoms with Crippen molar-refractivity contribution in [3.05, 3.63) is 143 Å². The van der Waals surface area contributed by atoms with Crippen LogP contribution in [0.3, 0.4) is 0 Å². The van der Waals surface area contributed by atoms with Crippen LogP contribution in [0.25, 0.3) is 22.3 Å². The number of halogens is 2. The second-order valence-corrected chi connectivity index (χ2v) is 13.3. The Hall–Kier alpha value is -4.75. The van der Waals surface area contributed by atoms with Crippen LogP contribution in [-0.4, -0.2) is 30.4 Å². The molecule has 1 aromatic heterocycles. The van der Waals surface area contributed by atoms with Crippen molar-refractivity contribution in [3.8, 4) is 22.3 Å². The molecule has 4 aromatic carbocycles. The molecule has 7 heteroatoms. The average molecular weight is 634 g/mol. The van der Waals surface area contributed by atoms with E-state index in [2.05, 4.69) is 72.4 Å². The van der Waals surface area contributed by atoms with Gasteiger partial charge in [0.1, 0.15) is 18.2 Å². The fraction of sp³-hybridized carbons (Fsp3) is 0.275. The number of rotatable bonds is 11. The first kappa shape index (κ1) is 32.2. The molecular weight excluding hydrogens is 592 g/mol. The zero-order valence-corrected chi connectivity index (χ0v) is 27.1. The summed E-state index contributed by atoms with van der Waals surface area (Å²) >= 11 is 0. The Kier molecular flexibility index (Phi) is 9.55. The molecule has 6 rings (SSSR count). The first-order chi connectivity index (χ1) is 22.7. The number of aromatic nitrogens is 1. The number of benzene rings is 4. The summed E-state index contributed by atoms with van der Waals surface area (Å²) in [6.45, 7) is 8.41. The van der Waals surface area contributed by atoms with Crippen LogP contribution in [0.2, 0.25) is 0 Å². The van der Waals surface area contributed by atoms with Crippen molar-refractivity contribution < 1.29 is 18.3 Å². The third-order valence-electron chi connectivity index (χ3n) is 8.84. The minimum absolute atomic E-state index is 0.0141. The van der Waals surface area contributed by atoms with E-state index in [1.54, 1.807) is 0 Å². The third-order valence-corrected chi connectivity index (χ3v) is 8.84. The maximum Gasteiger partial charge on any atom is 0.407 e. The SMILES string of the molecule is CC(C)(C)[C@@H](NCCCNC(=O)OCC1c2ccccc2-c2ccccc21)c1cc(-c2cc(F)ccc2F)cn1Cc1ccccc1. The number of nitrogens with zero attached hydrogens (tertiary/aromatic N) is 1. The highest BCUT2D eigenvalue weighted by Gasteiger charge is 2.30. The van der Waals surface area contributed by atoms with Crippen LogP contribution < -0.4 is 10.6 Å². The molecule has 1 aliphatic rings. The molecular formula is C40H41F2N3O2.